The van der Waals surface area contributed by atoms with Gasteiger partial charge in [0.25, 0.3) is 0 Å². The molecule has 1 unspecified atom stereocenters. The SMILES string of the molecule is CCCCCCCCCCCCC(CCCCCCCCCC)COC(=O)c1ccc(NC)cc1. The van der Waals surface area contributed by atoms with Gasteiger partial charge < -0.3 is 10.1 Å². The summed E-state index contributed by atoms with van der Waals surface area (Å²) in [4.78, 5) is 12.6. The van der Waals surface area contributed by atoms with Gasteiger partial charge in [0.1, 0.15) is 0 Å². The number of nitrogens with one attached hydrogen (secondary N) is 1. The highest BCUT2D eigenvalue weighted by Crippen LogP contribution is 2.21. The maximum atomic E-state index is 12.6. The molecule has 0 spiro atoms. The van der Waals surface area contributed by atoms with Crippen LogP contribution in [-0.4, -0.2) is 19.6 Å². The molecule has 0 aromatic heterocycles. The topological polar surface area (TPSA) is 38.3 Å². The third kappa shape index (κ3) is 17.5. The van der Waals surface area contributed by atoms with E-state index >= 15 is 0 Å². The number of hydrogen-bond acceptors (Lipinski definition) is 3. The van der Waals surface area contributed by atoms with Gasteiger partial charge in [-0.3, -0.25) is 0 Å². The smallest absolute Gasteiger partial charge is 0.338 e. The lowest BCUT2D eigenvalue weighted by molar-refractivity contribution is 0.0422. The summed E-state index contributed by atoms with van der Waals surface area (Å²) in [5, 5.41) is 3.09. The van der Waals surface area contributed by atoms with E-state index in [0.717, 1.165) is 5.69 Å². The van der Waals surface area contributed by atoms with Gasteiger partial charge in [-0.2, -0.15) is 0 Å². The molecule has 0 saturated carbocycles. The molecule has 1 rings (SSSR count). The molecule has 1 aromatic carbocycles. The largest absolute Gasteiger partial charge is 0.462 e. The summed E-state index contributed by atoms with van der Waals surface area (Å²) >= 11 is 0. The Labute approximate surface area is 218 Å². The van der Waals surface area contributed by atoms with Gasteiger partial charge in [0, 0.05) is 12.7 Å². The Morgan fingerprint density at radius 2 is 1.06 bits per heavy atom. The van der Waals surface area contributed by atoms with Gasteiger partial charge in [-0.15, -0.1) is 0 Å². The van der Waals surface area contributed by atoms with Gasteiger partial charge in [-0.05, 0) is 43.0 Å². The number of carbonyl (C=O) groups excluding carboxylic acids is 1. The van der Waals surface area contributed by atoms with Crippen molar-refractivity contribution in [2.75, 3.05) is 19.0 Å². The molecule has 1 atom stereocenters. The van der Waals surface area contributed by atoms with Crippen LogP contribution in [0.1, 0.15) is 153 Å². The predicted octanol–water partition coefficient (Wildman–Crippen LogP) is 10.3. The molecule has 0 aliphatic heterocycles. The lowest BCUT2D eigenvalue weighted by atomic mass is 9.94. The molecule has 0 amide bonds. The molecule has 0 aliphatic rings. The number of hydrogen-bond donors (Lipinski definition) is 1. The Morgan fingerprint density at radius 3 is 1.46 bits per heavy atom. The van der Waals surface area contributed by atoms with Crippen molar-refractivity contribution in [2.24, 2.45) is 5.92 Å². The van der Waals surface area contributed by atoms with Crippen LogP contribution in [0.3, 0.4) is 0 Å². The highest BCUT2D eigenvalue weighted by molar-refractivity contribution is 5.89. The molecular formula is C32H57NO2. The first-order chi connectivity index (χ1) is 17.2. The quantitative estimate of drug-likeness (QED) is 0.116. The minimum Gasteiger partial charge on any atom is -0.462 e. The molecule has 35 heavy (non-hydrogen) atoms. The van der Waals surface area contributed by atoms with E-state index in [9.17, 15) is 4.79 Å². The Morgan fingerprint density at radius 1 is 0.657 bits per heavy atom. The lowest BCUT2D eigenvalue weighted by Gasteiger charge is -2.17. The molecule has 202 valence electrons. The van der Waals surface area contributed by atoms with E-state index in [1.54, 1.807) is 0 Å². The highest BCUT2D eigenvalue weighted by Gasteiger charge is 2.13. The van der Waals surface area contributed by atoms with Crippen molar-refractivity contribution in [1.82, 2.24) is 0 Å². The second-order valence-corrected chi connectivity index (χ2v) is 10.5. The zero-order valence-electron chi connectivity index (χ0n) is 23.6. The van der Waals surface area contributed by atoms with Crippen molar-refractivity contribution in [3.05, 3.63) is 29.8 Å². The first-order valence-corrected chi connectivity index (χ1v) is 15.2. The van der Waals surface area contributed by atoms with Crippen LogP contribution in [0.25, 0.3) is 0 Å². The highest BCUT2D eigenvalue weighted by atomic mass is 16.5. The van der Waals surface area contributed by atoms with E-state index < -0.39 is 0 Å². The standard InChI is InChI=1S/C32H57NO2/c1-4-6-8-10-12-14-15-17-19-21-23-29(22-20-18-16-13-11-9-7-5-2)28-35-32(34)30-24-26-31(33-3)27-25-30/h24-27,29,33H,4-23,28H2,1-3H3. The van der Waals surface area contributed by atoms with Crippen LogP contribution >= 0.6 is 0 Å². The third-order valence-corrected chi connectivity index (χ3v) is 7.29. The average Bonchev–Trinajstić information content (AvgIpc) is 2.89. The Balaban J connectivity index is 2.30. The van der Waals surface area contributed by atoms with E-state index in [2.05, 4.69) is 19.2 Å². The van der Waals surface area contributed by atoms with Crippen LogP contribution in [0.5, 0.6) is 0 Å². The minimum atomic E-state index is -0.184. The van der Waals surface area contributed by atoms with Crippen molar-refractivity contribution in [3.8, 4) is 0 Å². The van der Waals surface area contributed by atoms with Crippen molar-refractivity contribution >= 4 is 11.7 Å². The maximum absolute atomic E-state index is 12.6. The molecule has 0 aliphatic carbocycles. The number of rotatable bonds is 24. The van der Waals surface area contributed by atoms with Crippen LogP contribution in [-0.2, 0) is 4.74 Å². The van der Waals surface area contributed by atoms with E-state index in [0.29, 0.717) is 18.1 Å². The zero-order valence-corrected chi connectivity index (χ0v) is 23.6. The molecule has 3 nitrogen and oxygen atoms in total. The van der Waals surface area contributed by atoms with Gasteiger partial charge >= 0.3 is 5.97 Å². The number of carbonyl (C=O) groups is 1. The van der Waals surface area contributed by atoms with Crippen molar-refractivity contribution < 1.29 is 9.53 Å². The second-order valence-electron chi connectivity index (χ2n) is 10.5. The van der Waals surface area contributed by atoms with E-state index in [-0.39, 0.29) is 5.97 Å². The molecule has 0 fully saturated rings. The summed E-state index contributed by atoms with van der Waals surface area (Å²) in [6.45, 7) is 5.13. The molecular weight excluding hydrogens is 430 g/mol. The van der Waals surface area contributed by atoms with E-state index in [4.69, 9.17) is 4.74 Å². The van der Waals surface area contributed by atoms with Gasteiger partial charge in [0.15, 0.2) is 0 Å². The van der Waals surface area contributed by atoms with Crippen LogP contribution < -0.4 is 5.32 Å². The fraction of sp³-hybridized carbons (Fsp3) is 0.781. The monoisotopic (exact) mass is 487 g/mol. The Hall–Kier alpha value is -1.51. The molecule has 1 N–H and O–H groups in total. The van der Waals surface area contributed by atoms with Crippen LogP contribution in [0, 0.1) is 5.92 Å². The molecule has 0 bridgehead atoms. The maximum Gasteiger partial charge on any atom is 0.338 e. The number of benzene rings is 1. The molecule has 1 aromatic rings. The summed E-state index contributed by atoms with van der Waals surface area (Å²) in [7, 11) is 1.89. The van der Waals surface area contributed by atoms with E-state index in [1.807, 2.05) is 31.3 Å². The van der Waals surface area contributed by atoms with Crippen LogP contribution in [0.15, 0.2) is 24.3 Å². The summed E-state index contributed by atoms with van der Waals surface area (Å²) < 4.78 is 5.77. The van der Waals surface area contributed by atoms with Gasteiger partial charge in [0.2, 0.25) is 0 Å². The summed E-state index contributed by atoms with van der Waals surface area (Å²) in [5.74, 6) is 0.321. The average molecular weight is 488 g/mol. The fourth-order valence-electron chi connectivity index (χ4n) is 4.85. The van der Waals surface area contributed by atoms with Crippen LogP contribution in [0.2, 0.25) is 0 Å². The summed E-state index contributed by atoms with van der Waals surface area (Å²) in [6, 6.07) is 7.56. The normalized spacial score (nSPS) is 12.0. The second kappa shape index (κ2) is 22.9. The third-order valence-electron chi connectivity index (χ3n) is 7.29. The van der Waals surface area contributed by atoms with Crippen LogP contribution in [0.4, 0.5) is 5.69 Å². The summed E-state index contributed by atoms with van der Waals surface area (Å²) in [6.07, 6.45) is 26.9. The van der Waals surface area contributed by atoms with Gasteiger partial charge in [0.05, 0.1) is 12.2 Å². The Bertz CT molecular complexity index is 598. The number of unbranched alkanes of at least 4 members (excludes halogenated alkanes) is 16. The van der Waals surface area contributed by atoms with E-state index in [1.165, 1.54) is 128 Å². The fourth-order valence-corrected chi connectivity index (χ4v) is 4.85. The minimum absolute atomic E-state index is 0.184. The Kier molecular flexibility index (Phi) is 20.6. The van der Waals surface area contributed by atoms with Crippen molar-refractivity contribution in [1.29, 1.82) is 0 Å². The summed E-state index contributed by atoms with van der Waals surface area (Å²) in [5.41, 5.74) is 1.66. The first kappa shape index (κ1) is 31.5. The molecule has 0 saturated heterocycles. The number of anilines is 1. The van der Waals surface area contributed by atoms with Crippen molar-refractivity contribution in [2.45, 2.75) is 142 Å². The lowest BCUT2D eigenvalue weighted by Crippen LogP contribution is -2.15. The number of esters is 1. The zero-order chi connectivity index (χ0) is 25.4. The number of ether oxygens (including phenoxy) is 1. The van der Waals surface area contributed by atoms with Gasteiger partial charge in [-0.25, -0.2) is 4.79 Å². The molecule has 0 radical (unpaired) electrons. The van der Waals surface area contributed by atoms with Crippen molar-refractivity contribution in [3.63, 3.8) is 0 Å². The van der Waals surface area contributed by atoms with Gasteiger partial charge in [-0.1, -0.05) is 129 Å². The first-order valence-electron chi connectivity index (χ1n) is 15.2. The molecule has 3 heteroatoms. The molecule has 0 heterocycles. The predicted molar refractivity (Wildman–Crippen MR) is 153 cm³/mol.